The predicted molar refractivity (Wildman–Crippen MR) is 97.2 cm³/mol. The van der Waals surface area contributed by atoms with Gasteiger partial charge in [-0.15, -0.1) is 0 Å². The van der Waals surface area contributed by atoms with Gasteiger partial charge in [-0.25, -0.2) is 8.42 Å². The van der Waals surface area contributed by atoms with E-state index in [-0.39, 0.29) is 11.3 Å². The maximum atomic E-state index is 12.8. The number of carboxylic acids is 1. The fraction of sp³-hybridized carbons (Fsp3) is 0.316. The van der Waals surface area contributed by atoms with E-state index in [4.69, 9.17) is 0 Å². The maximum absolute atomic E-state index is 12.8. The Balaban J connectivity index is 2.35. The lowest BCUT2D eigenvalue weighted by atomic mass is 10.0. The largest absolute Gasteiger partial charge is 0.480 e. The average molecular weight is 361 g/mol. The number of nitrogens with zero attached hydrogens (tertiary/aromatic N) is 1. The molecule has 0 aromatic heterocycles. The molecular weight excluding hydrogens is 338 g/mol. The Morgan fingerprint density at radius 3 is 2.00 bits per heavy atom. The zero-order chi connectivity index (χ0) is 18.8. The molecule has 0 saturated carbocycles. The summed E-state index contributed by atoms with van der Waals surface area (Å²) in [4.78, 5) is 11.8. The molecule has 6 heteroatoms. The molecule has 0 spiro atoms. The van der Waals surface area contributed by atoms with E-state index in [1.54, 1.807) is 12.1 Å². The van der Waals surface area contributed by atoms with E-state index in [1.165, 1.54) is 19.2 Å². The Morgan fingerprint density at radius 1 is 1.00 bits per heavy atom. The van der Waals surface area contributed by atoms with Crippen molar-refractivity contribution in [2.24, 2.45) is 0 Å². The third-order valence-electron chi connectivity index (χ3n) is 4.13. The van der Waals surface area contributed by atoms with Gasteiger partial charge in [0.15, 0.2) is 0 Å². The second-order valence-electron chi connectivity index (χ2n) is 6.39. The Hall–Kier alpha value is -2.18. The molecule has 2 aromatic rings. The summed E-state index contributed by atoms with van der Waals surface area (Å²) in [5, 5.41) is 9.59. The molecule has 0 radical (unpaired) electrons. The number of carbonyl (C=O) groups is 1. The first-order valence-electron chi connectivity index (χ1n) is 7.96. The third-order valence-corrected chi connectivity index (χ3v) is 6.01. The number of benzene rings is 2. The predicted octanol–water partition coefficient (Wildman–Crippen LogP) is 2.93. The van der Waals surface area contributed by atoms with E-state index in [2.05, 4.69) is 0 Å². The van der Waals surface area contributed by atoms with Gasteiger partial charge in [0, 0.05) is 7.05 Å². The van der Waals surface area contributed by atoms with Crippen LogP contribution in [0, 0.1) is 20.8 Å². The van der Waals surface area contributed by atoms with Crippen molar-refractivity contribution in [3.8, 4) is 0 Å². The molecule has 0 aliphatic carbocycles. The number of carboxylic acid groups (broad SMARTS) is 1. The van der Waals surface area contributed by atoms with Crippen molar-refractivity contribution in [2.75, 3.05) is 7.05 Å². The lowest BCUT2D eigenvalue weighted by molar-refractivity contribution is -0.141. The first kappa shape index (κ1) is 19.1. The molecule has 1 atom stereocenters. The van der Waals surface area contributed by atoms with Gasteiger partial charge in [-0.05, 0) is 44.9 Å². The minimum Gasteiger partial charge on any atom is -0.480 e. The molecule has 0 aliphatic rings. The van der Waals surface area contributed by atoms with Crippen molar-refractivity contribution in [1.82, 2.24) is 4.31 Å². The van der Waals surface area contributed by atoms with Crippen LogP contribution in [0.1, 0.15) is 22.3 Å². The first-order chi connectivity index (χ1) is 11.6. The normalized spacial score (nSPS) is 13.0. The van der Waals surface area contributed by atoms with Crippen LogP contribution < -0.4 is 0 Å². The van der Waals surface area contributed by atoms with Crippen LogP contribution in [0.25, 0.3) is 0 Å². The molecule has 2 rings (SSSR count). The van der Waals surface area contributed by atoms with Gasteiger partial charge in [-0.3, -0.25) is 4.79 Å². The average Bonchev–Trinajstić information content (AvgIpc) is 2.51. The summed E-state index contributed by atoms with van der Waals surface area (Å²) in [5.74, 6) is -1.17. The molecule has 2 aromatic carbocycles. The summed E-state index contributed by atoms with van der Waals surface area (Å²) in [6.45, 7) is 5.72. The summed E-state index contributed by atoms with van der Waals surface area (Å²) in [5.41, 5.74) is 3.77. The van der Waals surface area contributed by atoms with Crippen molar-refractivity contribution >= 4 is 16.0 Å². The Labute approximate surface area is 149 Å². The fourth-order valence-electron chi connectivity index (χ4n) is 2.83. The van der Waals surface area contributed by atoms with Crippen LogP contribution in [0.3, 0.4) is 0 Å². The van der Waals surface area contributed by atoms with Gasteiger partial charge in [0.1, 0.15) is 6.04 Å². The van der Waals surface area contributed by atoms with Crippen molar-refractivity contribution in [3.05, 3.63) is 64.7 Å². The molecule has 0 fully saturated rings. The molecule has 1 unspecified atom stereocenters. The molecule has 0 heterocycles. The first-order valence-corrected chi connectivity index (χ1v) is 9.40. The van der Waals surface area contributed by atoms with E-state index in [9.17, 15) is 18.3 Å². The molecule has 0 aliphatic heterocycles. The third kappa shape index (κ3) is 4.46. The van der Waals surface area contributed by atoms with Crippen LogP contribution in [-0.2, 0) is 21.2 Å². The van der Waals surface area contributed by atoms with Crippen molar-refractivity contribution < 1.29 is 18.3 Å². The smallest absolute Gasteiger partial charge is 0.322 e. The highest BCUT2D eigenvalue weighted by atomic mass is 32.2. The van der Waals surface area contributed by atoms with Gasteiger partial charge in [-0.2, -0.15) is 4.31 Å². The lowest BCUT2D eigenvalue weighted by Crippen LogP contribution is -2.43. The van der Waals surface area contributed by atoms with Crippen LogP contribution in [0.5, 0.6) is 0 Å². The van der Waals surface area contributed by atoms with Crippen molar-refractivity contribution in [3.63, 3.8) is 0 Å². The number of rotatable bonds is 6. The molecule has 1 N–H and O–H groups in total. The number of aliphatic carboxylic acids is 1. The number of sulfonamides is 1. The molecule has 5 nitrogen and oxygen atoms in total. The molecule has 134 valence electrons. The Bertz CT molecular complexity index is 853. The molecule has 0 saturated heterocycles. The summed E-state index contributed by atoms with van der Waals surface area (Å²) in [7, 11) is -2.57. The van der Waals surface area contributed by atoms with Gasteiger partial charge < -0.3 is 5.11 Å². The molecule has 25 heavy (non-hydrogen) atoms. The summed E-state index contributed by atoms with van der Waals surface area (Å²) < 4.78 is 26.5. The van der Waals surface area contributed by atoms with Gasteiger partial charge in [-0.1, -0.05) is 47.0 Å². The molecular formula is C19H23NO4S. The van der Waals surface area contributed by atoms with Gasteiger partial charge in [0.25, 0.3) is 0 Å². The Morgan fingerprint density at radius 2 is 1.52 bits per heavy atom. The van der Waals surface area contributed by atoms with E-state index in [0.29, 0.717) is 0 Å². The van der Waals surface area contributed by atoms with Crippen molar-refractivity contribution in [1.29, 1.82) is 0 Å². The monoisotopic (exact) mass is 361 g/mol. The van der Waals surface area contributed by atoms with Crippen LogP contribution in [0.2, 0.25) is 0 Å². The minimum absolute atomic E-state index is 0.0901. The number of hydrogen-bond acceptors (Lipinski definition) is 3. The second kappa shape index (κ2) is 7.37. The van der Waals surface area contributed by atoms with E-state index in [0.717, 1.165) is 26.6 Å². The standard InChI is InChI=1S/C19H23NO4S/c1-13-5-7-17(8-6-13)25(23,24)20(4)18(19(21)22)12-16-10-14(2)9-15(3)11-16/h5-11,18H,12H2,1-4H3,(H,21,22). The summed E-state index contributed by atoms with van der Waals surface area (Å²) in [6.07, 6.45) is 0.111. The minimum atomic E-state index is -3.89. The van der Waals surface area contributed by atoms with Crippen LogP contribution in [-0.4, -0.2) is 36.9 Å². The second-order valence-corrected chi connectivity index (χ2v) is 8.39. The molecule has 0 bridgehead atoms. The van der Waals surface area contributed by atoms with Crippen molar-refractivity contribution in [2.45, 2.75) is 38.1 Å². The highest BCUT2D eigenvalue weighted by Gasteiger charge is 2.33. The fourth-order valence-corrected chi connectivity index (χ4v) is 4.14. The highest BCUT2D eigenvalue weighted by Crippen LogP contribution is 2.20. The number of likely N-dealkylation sites (N-methyl/N-ethyl adjacent to an activating group) is 1. The topological polar surface area (TPSA) is 74.7 Å². The Kier molecular flexibility index (Phi) is 5.65. The van der Waals surface area contributed by atoms with Gasteiger partial charge in [0.2, 0.25) is 10.0 Å². The van der Waals surface area contributed by atoms with Gasteiger partial charge >= 0.3 is 5.97 Å². The zero-order valence-corrected chi connectivity index (χ0v) is 15.7. The zero-order valence-electron chi connectivity index (χ0n) is 14.9. The van der Waals surface area contributed by atoms with Crippen LogP contribution >= 0.6 is 0 Å². The SMILES string of the molecule is Cc1ccc(S(=O)(=O)N(C)C(Cc2cc(C)cc(C)c2)C(=O)O)cc1. The van der Waals surface area contributed by atoms with E-state index < -0.39 is 22.0 Å². The van der Waals surface area contributed by atoms with E-state index >= 15 is 0 Å². The summed E-state index contributed by atoms with van der Waals surface area (Å²) >= 11 is 0. The number of aryl methyl sites for hydroxylation is 3. The lowest BCUT2D eigenvalue weighted by Gasteiger charge is -2.24. The van der Waals surface area contributed by atoms with E-state index in [1.807, 2.05) is 39.0 Å². The van der Waals surface area contributed by atoms with Gasteiger partial charge in [0.05, 0.1) is 4.90 Å². The maximum Gasteiger partial charge on any atom is 0.322 e. The molecule has 0 amide bonds. The number of hydrogen-bond donors (Lipinski definition) is 1. The van der Waals surface area contributed by atoms with Crippen LogP contribution in [0.4, 0.5) is 0 Å². The quantitative estimate of drug-likeness (QED) is 0.858. The highest BCUT2D eigenvalue weighted by molar-refractivity contribution is 7.89. The van der Waals surface area contributed by atoms with Crippen LogP contribution in [0.15, 0.2) is 47.4 Å². The summed E-state index contributed by atoms with van der Waals surface area (Å²) in [6, 6.07) is 11.0.